The number of hydrogen-bond acceptors (Lipinski definition) is 2. The molecule has 0 aliphatic heterocycles. The molecule has 2 N–H and O–H groups in total. The predicted octanol–water partition coefficient (Wildman–Crippen LogP) is 4.30. The molecule has 2 nitrogen and oxygen atoms in total. The number of ether oxygens (including phenoxy) is 1. The Bertz CT molecular complexity index is 599. The number of benzene rings is 2. The third-order valence-corrected chi connectivity index (χ3v) is 4.04. The summed E-state index contributed by atoms with van der Waals surface area (Å²) < 4.78 is 5.87. The molecule has 0 aliphatic rings. The van der Waals surface area contributed by atoms with Crippen molar-refractivity contribution in [2.24, 2.45) is 5.73 Å². The zero-order chi connectivity index (χ0) is 14.7. The summed E-state index contributed by atoms with van der Waals surface area (Å²) >= 11 is 6.16. The molecule has 0 aromatic heterocycles. The molecule has 2 aromatic carbocycles. The number of nitrogens with two attached hydrogens (primary N) is 1. The third-order valence-electron chi connectivity index (χ3n) is 3.45. The number of hydrogen-bond donors (Lipinski definition) is 1. The highest BCUT2D eigenvalue weighted by Crippen LogP contribution is 2.26. The molecule has 0 heterocycles. The summed E-state index contributed by atoms with van der Waals surface area (Å²) in [7, 11) is 0. The molecule has 2 rings (SSSR count). The Morgan fingerprint density at radius 3 is 2.20 bits per heavy atom. The van der Waals surface area contributed by atoms with Gasteiger partial charge in [0.05, 0.1) is 0 Å². The average molecular weight is 290 g/mol. The zero-order valence-corrected chi connectivity index (χ0v) is 12.9. The van der Waals surface area contributed by atoms with E-state index in [2.05, 4.69) is 19.1 Å². The summed E-state index contributed by atoms with van der Waals surface area (Å²) in [5.41, 5.74) is 11.2. The van der Waals surface area contributed by atoms with Crippen LogP contribution in [-0.4, -0.2) is 0 Å². The van der Waals surface area contributed by atoms with Crippen molar-refractivity contribution >= 4 is 11.6 Å². The minimum Gasteiger partial charge on any atom is -0.489 e. The van der Waals surface area contributed by atoms with Crippen LogP contribution in [0.5, 0.6) is 5.75 Å². The van der Waals surface area contributed by atoms with E-state index in [0.717, 1.165) is 27.5 Å². The highest BCUT2D eigenvalue weighted by molar-refractivity contribution is 6.32. The fourth-order valence-electron chi connectivity index (χ4n) is 2.20. The van der Waals surface area contributed by atoms with E-state index in [1.54, 1.807) is 0 Å². The topological polar surface area (TPSA) is 35.2 Å². The molecule has 2 aromatic rings. The fraction of sp³-hybridized carbons (Fsp3) is 0.294. The van der Waals surface area contributed by atoms with Crippen molar-refractivity contribution in [3.05, 3.63) is 63.2 Å². The van der Waals surface area contributed by atoms with Crippen LogP contribution in [0.3, 0.4) is 0 Å². The lowest BCUT2D eigenvalue weighted by molar-refractivity contribution is 0.305. The molecule has 0 saturated carbocycles. The normalized spacial score (nSPS) is 10.7. The molecule has 0 aliphatic carbocycles. The molecule has 0 atom stereocenters. The van der Waals surface area contributed by atoms with E-state index in [1.165, 1.54) is 11.1 Å². The SMILES string of the molecule is Cc1cc(CN)ccc1COc1cc(C)c(Cl)c(C)c1. The highest BCUT2D eigenvalue weighted by Gasteiger charge is 2.05. The zero-order valence-electron chi connectivity index (χ0n) is 12.2. The smallest absolute Gasteiger partial charge is 0.120 e. The molecule has 0 unspecified atom stereocenters. The second-order valence-electron chi connectivity index (χ2n) is 5.12. The molecule has 20 heavy (non-hydrogen) atoms. The van der Waals surface area contributed by atoms with Gasteiger partial charge in [0, 0.05) is 11.6 Å². The maximum Gasteiger partial charge on any atom is 0.120 e. The largest absolute Gasteiger partial charge is 0.489 e. The monoisotopic (exact) mass is 289 g/mol. The van der Waals surface area contributed by atoms with Crippen molar-refractivity contribution in [1.29, 1.82) is 0 Å². The molecule has 3 heteroatoms. The van der Waals surface area contributed by atoms with Crippen LogP contribution in [0.25, 0.3) is 0 Å². The van der Waals surface area contributed by atoms with Crippen LogP contribution in [0.15, 0.2) is 30.3 Å². The summed E-state index contributed by atoms with van der Waals surface area (Å²) in [5.74, 6) is 0.853. The van der Waals surface area contributed by atoms with E-state index >= 15 is 0 Å². The molecular formula is C17H20ClNO. The van der Waals surface area contributed by atoms with Crippen molar-refractivity contribution in [3.8, 4) is 5.75 Å². The van der Waals surface area contributed by atoms with Crippen molar-refractivity contribution < 1.29 is 4.74 Å². The number of aryl methyl sites for hydroxylation is 3. The van der Waals surface area contributed by atoms with Crippen LogP contribution in [-0.2, 0) is 13.2 Å². The maximum atomic E-state index is 6.16. The summed E-state index contributed by atoms with van der Waals surface area (Å²) in [6.45, 7) is 7.18. The fourth-order valence-corrected chi connectivity index (χ4v) is 2.31. The van der Waals surface area contributed by atoms with Gasteiger partial charge in [0.15, 0.2) is 0 Å². The molecule has 0 saturated heterocycles. The quantitative estimate of drug-likeness (QED) is 0.910. The van der Waals surface area contributed by atoms with Crippen molar-refractivity contribution in [3.63, 3.8) is 0 Å². The number of halogens is 1. The Balaban J connectivity index is 2.13. The van der Waals surface area contributed by atoms with Crippen molar-refractivity contribution in [2.75, 3.05) is 0 Å². The molecule has 0 amide bonds. The Kier molecular flexibility index (Phi) is 4.69. The Hall–Kier alpha value is -1.51. The van der Waals surface area contributed by atoms with Crippen LogP contribution in [0.1, 0.15) is 27.8 Å². The van der Waals surface area contributed by atoms with Gasteiger partial charge in [-0.15, -0.1) is 0 Å². The molecule has 106 valence electrons. The van der Waals surface area contributed by atoms with Gasteiger partial charge in [-0.3, -0.25) is 0 Å². The van der Waals surface area contributed by atoms with E-state index in [0.29, 0.717) is 13.2 Å². The second-order valence-corrected chi connectivity index (χ2v) is 5.50. The van der Waals surface area contributed by atoms with E-state index in [-0.39, 0.29) is 0 Å². The van der Waals surface area contributed by atoms with Crippen molar-refractivity contribution in [2.45, 2.75) is 33.9 Å². The Labute approximate surface area is 125 Å². The van der Waals surface area contributed by atoms with Gasteiger partial charge in [-0.25, -0.2) is 0 Å². The van der Waals surface area contributed by atoms with Gasteiger partial charge >= 0.3 is 0 Å². The van der Waals surface area contributed by atoms with E-state index in [4.69, 9.17) is 22.1 Å². The van der Waals surface area contributed by atoms with E-state index in [1.807, 2.05) is 32.0 Å². The standard InChI is InChI=1S/C17H20ClNO/c1-11-6-14(9-19)4-5-15(11)10-20-16-7-12(2)17(18)13(3)8-16/h4-8H,9-10,19H2,1-3H3. The lowest BCUT2D eigenvalue weighted by Crippen LogP contribution is -2.01. The lowest BCUT2D eigenvalue weighted by atomic mass is 10.1. The molecule has 0 radical (unpaired) electrons. The van der Waals surface area contributed by atoms with Gasteiger partial charge in [0.2, 0.25) is 0 Å². The van der Waals surface area contributed by atoms with Gasteiger partial charge < -0.3 is 10.5 Å². The third kappa shape index (κ3) is 3.33. The van der Waals surface area contributed by atoms with Crippen LogP contribution < -0.4 is 10.5 Å². The summed E-state index contributed by atoms with van der Waals surface area (Å²) in [4.78, 5) is 0. The van der Waals surface area contributed by atoms with Gasteiger partial charge in [0.25, 0.3) is 0 Å². The first-order chi connectivity index (χ1) is 9.51. The summed E-state index contributed by atoms with van der Waals surface area (Å²) in [6, 6.07) is 10.2. The van der Waals surface area contributed by atoms with E-state index in [9.17, 15) is 0 Å². The lowest BCUT2D eigenvalue weighted by Gasteiger charge is -2.12. The van der Waals surface area contributed by atoms with E-state index < -0.39 is 0 Å². The molecule has 0 fully saturated rings. The highest BCUT2D eigenvalue weighted by atomic mass is 35.5. The maximum absolute atomic E-state index is 6.16. The van der Waals surface area contributed by atoms with Crippen molar-refractivity contribution in [1.82, 2.24) is 0 Å². The average Bonchev–Trinajstić information content (AvgIpc) is 2.43. The number of rotatable bonds is 4. The van der Waals surface area contributed by atoms with Crippen LogP contribution in [0.2, 0.25) is 5.02 Å². The van der Waals surface area contributed by atoms with Crippen LogP contribution in [0.4, 0.5) is 0 Å². The first kappa shape index (κ1) is 14.9. The second kappa shape index (κ2) is 6.29. The van der Waals surface area contributed by atoms with Gasteiger partial charge in [-0.05, 0) is 60.7 Å². The van der Waals surface area contributed by atoms with Gasteiger partial charge in [0.1, 0.15) is 12.4 Å². The minimum atomic E-state index is 0.553. The first-order valence-electron chi connectivity index (χ1n) is 6.69. The first-order valence-corrected chi connectivity index (χ1v) is 7.07. The Morgan fingerprint density at radius 2 is 1.65 bits per heavy atom. The van der Waals surface area contributed by atoms with Gasteiger partial charge in [-0.2, -0.15) is 0 Å². The molecular weight excluding hydrogens is 270 g/mol. The predicted molar refractivity (Wildman–Crippen MR) is 84.3 cm³/mol. The van der Waals surface area contributed by atoms with Crippen LogP contribution >= 0.6 is 11.6 Å². The van der Waals surface area contributed by atoms with Gasteiger partial charge in [-0.1, -0.05) is 29.8 Å². The van der Waals surface area contributed by atoms with Crippen LogP contribution in [0, 0.1) is 20.8 Å². The summed E-state index contributed by atoms with van der Waals surface area (Å²) in [5, 5.41) is 0.806. The summed E-state index contributed by atoms with van der Waals surface area (Å²) in [6.07, 6.45) is 0. The minimum absolute atomic E-state index is 0.553. The molecule has 0 spiro atoms. The molecule has 0 bridgehead atoms. The Morgan fingerprint density at radius 1 is 1.00 bits per heavy atom.